The first-order chi connectivity index (χ1) is 9.27. The SMILES string of the molecule is CCCC1CC(C)C(F)(C(C)[C@@H](C)/C(C)=C(/C)CC)C1. The van der Waals surface area contributed by atoms with Crippen molar-refractivity contribution in [2.24, 2.45) is 23.7 Å². The molecule has 1 saturated carbocycles. The van der Waals surface area contributed by atoms with Crippen LogP contribution in [0.25, 0.3) is 0 Å². The minimum absolute atomic E-state index is 0.126. The second kappa shape index (κ2) is 7.09. The van der Waals surface area contributed by atoms with E-state index in [-0.39, 0.29) is 11.8 Å². The van der Waals surface area contributed by atoms with Gasteiger partial charge in [-0.1, -0.05) is 58.6 Å². The van der Waals surface area contributed by atoms with Gasteiger partial charge in [-0.25, -0.2) is 4.39 Å². The first-order valence-electron chi connectivity index (χ1n) is 8.62. The summed E-state index contributed by atoms with van der Waals surface area (Å²) < 4.78 is 15.6. The fourth-order valence-electron chi connectivity index (χ4n) is 4.14. The molecule has 20 heavy (non-hydrogen) atoms. The molecule has 0 radical (unpaired) electrons. The zero-order chi connectivity index (χ0) is 15.5. The lowest BCUT2D eigenvalue weighted by atomic mass is 9.73. The molecule has 1 rings (SSSR count). The standard InChI is InChI=1S/C19H35F/c1-8-10-18-11-14(4)19(20,12-18)17(7)16(6)15(5)13(3)9-2/h14,16-18H,8-12H2,1-7H3/b15-13-/t14?,16-,17?,18?,19?/m0/s1. The summed E-state index contributed by atoms with van der Waals surface area (Å²) >= 11 is 0. The maximum atomic E-state index is 15.6. The Bertz CT molecular complexity index is 344. The Morgan fingerprint density at radius 1 is 1.25 bits per heavy atom. The zero-order valence-corrected chi connectivity index (χ0v) is 14.7. The van der Waals surface area contributed by atoms with Gasteiger partial charge in [-0.15, -0.1) is 0 Å². The van der Waals surface area contributed by atoms with Crippen molar-refractivity contribution < 1.29 is 4.39 Å². The number of alkyl halides is 1. The summed E-state index contributed by atoms with van der Waals surface area (Å²) in [6.07, 6.45) is 5.32. The third-order valence-electron chi connectivity index (χ3n) is 6.20. The average Bonchev–Trinajstić information content (AvgIpc) is 2.71. The second-order valence-corrected chi connectivity index (χ2v) is 7.32. The van der Waals surface area contributed by atoms with E-state index >= 15 is 4.39 Å². The molecule has 4 unspecified atom stereocenters. The highest BCUT2D eigenvalue weighted by molar-refractivity contribution is 5.15. The van der Waals surface area contributed by atoms with Gasteiger partial charge in [0, 0.05) is 0 Å². The highest BCUT2D eigenvalue weighted by Gasteiger charge is 2.50. The number of halogens is 1. The minimum Gasteiger partial charge on any atom is -0.243 e. The van der Waals surface area contributed by atoms with Crippen molar-refractivity contribution in [2.75, 3.05) is 0 Å². The molecule has 0 aromatic rings. The lowest BCUT2D eigenvalue weighted by molar-refractivity contribution is 0.0316. The summed E-state index contributed by atoms with van der Waals surface area (Å²) in [4.78, 5) is 0. The molecule has 0 nitrogen and oxygen atoms in total. The molecule has 1 aliphatic rings. The molecule has 118 valence electrons. The predicted molar refractivity (Wildman–Crippen MR) is 87.6 cm³/mol. The Morgan fingerprint density at radius 3 is 2.35 bits per heavy atom. The van der Waals surface area contributed by atoms with Crippen LogP contribution in [-0.4, -0.2) is 5.67 Å². The molecule has 1 heteroatoms. The van der Waals surface area contributed by atoms with E-state index in [4.69, 9.17) is 0 Å². The molecule has 0 aromatic carbocycles. The van der Waals surface area contributed by atoms with Crippen LogP contribution in [0, 0.1) is 23.7 Å². The molecule has 5 atom stereocenters. The minimum atomic E-state index is -0.964. The molecule has 1 fully saturated rings. The Labute approximate surface area is 126 Å². The van der Waals surface area contributed by atoms with Gasteiger partial charge in [0.25, 0.3) is 0 Å². The third kappa shape index (κ3) is 3.46. The van der Waals surface area contributed by atoms with E-state index in [1.807, 2.05) is 0 Å². The van der Waals surface area contributed by atoms with Crippen molar-refractivity contribution >= 4 is 0 Å². The molecule has 0 N–H and O–H groups in total. The quantitative estimate of drug-likeness (QED) is 0.484. The number of rotatable bonds is 6. The van der Waals surface area contributed by atoms with Gasteiger partial charge in [-0.05, 0) is 56.8 Å². The van der Waals surface area contributed by atoms with Gasteiger partial charge in [-0.3, -0.25) is 0 Å². The summed E-state index contributed by atoms with van der Waals surface area (Å²) in [6, 6.07) is 0. The van der Waals surface area contributed by atoms with Crippen LogP contribution < -0.4 is 0 Å². The lowest BCUT2D eigenvalue weighted by Crippen LogP contribution is -2.38. The van der Waals surface area contributed by atoms with Gasteiger partial charge in [0.2, 0.25) is 0 Å². The molecule has 0 aromatic heterocycles. The molecule has 0 saturated heterocycles. The van der Waals surface area contributed by atoms with Crippen LogP contribution in [0.15, 0.2) is 11.1 Å². The van der Waals surface area contributed by atoms with Crippen molar-refractivity contribution in [1.82, 2.24) is 0 Å². The van der Waals surface area contributed by atoms with E-state index in [2.05, 4.69) is 48.5 Å². The summed E-state index contributed by atoms with van der Waals surface area (Å²) in [7, 11) is 0. The molecule has 0 heterocycles. The lowest BCUT2D eigenvalue weighted by Gasteiger charge is -2.36. The molecule has 0 aliphatic heterocycles. The van der Waals surface area contributed by atoms with Crippen molar-refractivity contribution in [1.29, 1.82) is 0 Å². The maximum absolute atomic E-state index is 15.6. The normalized spacial score (nSPS) is 34.8. The van der Waals surface area contributed by atoms with Crippen LogP contribution in [0.2, 0.25) is 0 Å². The van der Waals surface area contributed by atoms with E-state index in [0.29, 0.717) is 11.8 Å². The van der Waals surface area contributed by atoms with Crippen LogP contribution >= 0.6 is 0 Å². The van der Waals surface area contributed by atoms with E-state index in [1.54, 1.807) is 0 Å². The van der Waals surface area contributed by atoms with Gasteiger partial charge in [0.15, 0.2) is 0 Å². The van der Waals surface area contributed by atoms with Crippen molar-refractivity contribution in [3.63, 3.8) is 0 Å². The summed E-state index contributed by atoms with van der Waals surface area (Å²) in [6.45, 7) is 15.3. The fourth-order valence-corrected chi connectivity index (χ4v) is 4.14. The first-order valence-corrected chi connectivity index (χ1v) is 8.62. The molecular formula is C19H35F. The maximum Gasteiger partial charge on any atom is 0.117 e. The number of hydrogen-bond acceptors (Lipinski definition) is 0. The van der Waals surface area contributed by atoms with Crippen LogP contribution in [0.3, 0.4) is 0 Å². The Hall–Kier alpha value is -0.330. The molecular weight excluding hydrogens is 247 g/mol. The smallest absolute Gasteiger partial charge is 0.117 e. The highest BCUT2D eigenvalue weighted by atomic mass is 19.1. The summed E-state index contributed by atoms with van der Waals surface area (Å²) in [5, 5.41) is 0. The Balaban J connectivity index is 2.87. The average molecular weight is 282 g/mol. The molecule has 0 amide bonds. The zero-order valence-electron chi connectivity index (χ0n) is 14.7. The summed E-state index contributed by atoms with van der Waals surface area (Å²) in [5.74, 6) is 1.29. The van der Waals surface area contributed by atoms with Crippen LogP contribution in [-0.2, 0) is 0 Å². The van der Waals surface area contributed by atoms with Gasteiger partial charge in [0.05, 0.1) is 0 Å². The highest BCUT2D eigenvalue weighted by Crippen LogP contribution is 2.51. The number of hydrogen-bond donors (Lipinski definition) is 0. The van der Waals surface area contributed by atoms with Gasteiger partial charge in [-0.2, -0.15) is 0 Å². The Kier molecular flexibility index (Phi) is 6.28. The third-order valence-corrected chi connectivity index (χ3v) is 6.20. The van der Waals surface area contributed by atoms with E-state index < -0.39 is 5.67 Å². The van der Waals surface area contributed by atoms with Crippen LogP contribution in [0.1, 0.15) is 80.6 Å². The predicted octanol–water partition coefficient (Wildman–Crippen LogP) is 6.56. The monoisotopic (exact) mass is 282 g/mol. The van der Waals surface area contributed by atoms with E-state index in [9.17, 15) is 0 Å². The molecule has 0 bridgehead atoms. The van der Waals surface area contributed by atoms with Crippen molar-refractivity contribution in [3.8, 4) is 0 Å². The van der Waals surface area contributed by atoms with Gasteiger partial charge < -0.3 is 0 Å². The van der Waals surface area contributed by atoms with Crippen LogP contribution in [0.5, 0.6) is 0 Å². The summed E-state index contributed by atoms with van der Waals surface area (Å²) in [5.41, 5.74) is 1.88. The van der Waals surface area contributed by atoms with Crippen molar-refractivity contribution in [3.05, 3.63) is 11.1 Å². The van der Waals surface area contributed by atoms with Crippen LogP contribution in [0.4, 0.5) is 4.39 Å². The first kappa shape index (κ1) is 17.7. The van der Waals surface area contributed by atoms with E-state index in [1.165, 1.54) is 24.0 Å². The second-order valence-electron chi connectivity index (χ2n) is 7.32. The fraction of sp³-hybridized carbons (Fsp3) is 0.895. The largest absolute Gasteiger partial charge is 0.243 e. The van der Waals surface area contributed by atoms with Gasteiger partial charge >= 0.3 is 0 Å². The van der Waals surface area contributed by atoms with Crippen molar-refractivity contribution in [2.45, 2.75) is 86.2 Å². The molecule has 0 spiro atoms. The number of allylic oxidation sites excluding steroid dienone is 2. The van der Waals surface area contributed by atoms with E-state index in [0.717, 1.165) is 19.3 Å². The topological polar surface area (TPSA) is 0 Å². The molecule has 1 aliphatic carbocycles. The Morgan fingerprint density at radius 2 is 1.85 bits per heavy atom. The van der Waals surface area contributed by atoms with Gasteiger partial charge in [0.1, 0.15) is 5.67 Å².